The third-order valence-corrected chi connectivity index (χ3v) is 7.06. The first-order valence-corrected chi connectivity index (χ1v) is 9.75. The lowest BCUT2D eigenvalue weighted by Gasteiger charge is -2.49. The molecule has 0 bridgehead atoms. The molecule has 4 heteroatoms. The van der Waals surface area contributed by atoms with Crippen molar-refractivity contribution in [3.63, 3.8) is 0 Å². The van der Waals surface area contributed by atoms with Crippen molar-refractivity contribution in [3.8, 4) is 0 Å². The first kappa shape index (κ1) is 17.5. The van der Waals surface area contributed by atoms with Crippen molar-refractivity contribution in [1.29, 1.82) is 0 Å². The highest BCUT2D eigenvalue weighted by atomic mass is 16.4. The second kappa shape index (κ2) is 6.53. The molecule has 0 radical (unpaired) electrons. The van der Waals surface area contributed by atoms with Crippen LogP contribution in [0.25, 0.3) is 0 Å². The molecule has 1 amide bonds. The van der Waals surface area contributed by atoms with Gasteiger partial charge in [-0.2, -0.15) is 0 Å². The SMILES string of the molecule is CC.C[C@]12CCC3C(=C1CC[C@@H]2C(=O)O)CC[C@H]1NC(=O)CCC31. The number of rotatable bonds is 1. The summed E-state index contributed by atoms with van der Waals surface area (Å²) in [5.74, 6) is 0.581. The molecule has 3 fully saturated rings. The molecule has 4 rings (SSSR count). The number of nitrogens with one attached hydrogen (secondary N) is 1. The summed E-state index contributed by atoms with van der Waals surface area (Å²) in [6, 6.07) is 0.358. The topological polar surface area (TPSA) is 66.4 Å². The fourth-order valence-corrected chi connectivity index (χ4v) is 5.98. The third-order valence-electron chi connectivity index (χ3n) is 7.06. The average Bonchev–Trinajstić information content (AvgIpc) is 2.93. The molecule has 0 aromatic rings. The van der Waals surface area contributed by atoms with Gasteiger partial charge in [0.15, 0.2) is 0 Å². The van der Waals surface area contributed by atoms with Gasteiger partial charge < -0.3 is 10.4 Å². The van der Waals surface area contributed by atoms with Gasteiger partial charge >= 0.3 is 5.97 Å². The van der Waals surface area contributed by atoms with Gasteiger partial charge in [-0.25, -0.2) is 0 Å². The number of aliphatic carboxylic acids is 1. The number of carbonyl (C=O) groups is 2. The molecule has 1 heterocycles. The Morgan fingerprint density at radius 2 is 1.88 bits per heavy atom. The minimum absolute atomic E-state index is 0.109. The van der Waals surface area contributed by atoms with Crippen LogP contribution in [0.2, 0.25) is 0 Å². The molecule has 24 heavy (non-hydrogen) atoms. The van der Waals surface area contributed by atoms with Gasteiger partial charge in [-0.05, 0) is 56.8 Å². The Morgan fingerprint density at radius 1 is 1.12 bits per heavy atom. The Morgan fingerprint density at radius 3 is 2.58 bits per heavy atom. The highest BCUT2D eigenvalue weighted by molar-refractivity contribution is 5.77. The van der Waals surface area contributed by atoms with Crippen molar-refractivity contribution in [2.24, 2.45) is 23.2 Å². The fraction of sp³-hybridized carbons (Fsp3) is 0.800. The van der Waals surface area contributed by atoms with Crippen molar-refractivity contribution >= 4 is 11.9 Å². The molecule has 0 aromatic heterocycles. The maximum atomic E-state index is 11.6. The summed E-state index contributed by atoms with van der Waals surface area (Å²) in [7, 11) is 0. The van der Waals surface area contributed by atoms with Crippen LogP contribution < -0.4 is 5.32 Å². The fourth-order valence-electron chi connectivity index (χ4n) is 5.98. The van der Waals surface area contributed by atoms with Crippen LogP contribution in [-0.2, 0) is 9.59 Å². The normalized spacial score (nSPS) is 40.5. The number of allylic oxidation sites excluding steroid dienone is 2. The van der Waals surface area contributed by atoms with Gasteiger partial charge in [0.25, 0.3) is 0 Å². The summed E-state index contributed by atoms with van der Waals surface area (Å²) in [5.41, 5.74) is 2.95. The van der Waals surface area contributed by atoms with Crippen LogP contribution in [-0.4, -0.2) is 23.0 Å². The first-order valence-electron chi connectivity index (χ1n) is 9.75. The standard InChI is InChI=1S/C18H25NO3.C2H6/c1-18-9-8-10-11(13(18)4-5-14(18)17(21)22)2-6-15-12(10)3-7-16(20)19-15;1-2/h10,12,14-15H,2-9H2,1H3,(H,19,20)(H,21,22);1-2H3/t10?,12?,14-,15-,18+;/m1./s1. The average molecular weight is 333 g/mol. The molecule has 4 nitrogen and oxygen atoms in total. The minimum atomic E-state index is -0.616. The summed E-state index contributed by atoms with van der Waals surface area (Å²) in [5, 5.41) is 12.8. The Kier molecular flexibility index (Phi) is 4.76. The van der Waals surface area contributed by atoms with E-state index < -0.39 is 5.97 Å². The monoisotopic (exact) mass is 333 g/mol. The lowest BCUT2D eigenvalue weighted by molar-refractivity contribution is -0.145. The second-order valence-corrected chi connectivity index (χ2v) is 7.91. The number of hydrogen-bond acceptors (Lipinski definition) is 2. The molecule has 5 atom stereocenters. The molecule has 1 saturated heterocycles. The van der Waals surface area contributed by atoms with Crippen molar-refractivity contribution in [2.75, 3.05) is 0 Å². The van der Waals surface area contributed by atoms with Gasteiger partial charge in [-0.15, -0.1) is 0 Å². The Labute approximate surface area is 145 Å². The minimum Gasteiger partial charge on any atom is -0.481 e. The van der Waals surface area contributed by atoms with Gasteiger partial charge in [0.1, 0.15) is 0 Å². The number of carboxylic acids is 1. The highest BCUT2D eigenvalue weighted by Gasteiger charge is 2.53. The van der Waals surface area contributed by atoms with Gasteiger partial charge in [-0.3, -0.25) is 9.59 Å². The smallest absolute Gasteiger partial charge is 0.307 e. The third kappa shape index (κ3) is 2.58. The highest BCUT2D eigenvalue weighted by Crippen LogP contribution is 2.59. The van der Waals surface area contributed by atoms with E-state index in [1.165, 1.54) is 5.57 Å². The van der Waals surface area contributed by atoms with E-state index in [0.717, 1.165) is 44.9 Å². The Hall–Kier alpha value is -1.32. The number of piperidine rings is 1. The molecule has 4 aliphatic rings. The van der Waals surface area contributed by atoms with Crippen LogP contribution in [0.3, 0.4) is 0 Å². The summed E-state index contributed by atoms with van der Waals surface area (Å²) in [4.78, 5) is 23.3. The molecule has 0 spiro atoms. The molecule has 1 aliphatic heterocycles. The maximum Gasteiger partial charge on any atom is 0.307 e. The van der Waals surface area contributed by atoms with Gasteiger partial charge in [0, 0.05) is 17.9 Å². The van der Waals surface area contributed by atoms with E-state index in [1.807, 2.05) is 13.8 Å². The zero-order valence-corrected chi connectivity index (χ0v) is 15.2. The van der Waals surface area contributed by atoms with E-state index >= 15 is 0 Å². The molecule has 3 aliphatic carbocycles. The van der Waals surface area contributed by atoms with Gasteiger partial charge in [-0.1, -0.05) is 31.9 Å². The molecule has 2 saturated carbocycles. The van der Waals surface area contributed by atoms with E-state index in [1.54, 1.807) is 5.57 Å². The first-order chi connectivity index (χ1) is 11.5. The van der Waals surface area contributed by atoms with Crippen LogP contribution in [0.15, 0.2) is 11.1 Å². The Balaban J connectivity index is 0.000000815. The molecule has 2 unspecified atom stereocenters. The zero-order valence-electron chi connectivity index (χ0n) is 15.2. The number of hydrogen-bond donors (Lipinski definition) is 2. The van der Waals surface area contributed by atoms with Crippen LogP contribution in [0.4, 0.5) is 0 Å². The van der Waals surface area contributed by atoms with Crippen LogP contribution >= 0.6 is 0 Å². The van der Waals surface area contributed by atoms with Crippen molar-refractivity contribution in [3.05, 3.63) is 11.1 Å². The summed E-state index contributed by atoms with van der Waals surface area (Å²) < 4.78 is 0. The van der Waals surface area contributed by atoms with E-state index in [0.29, 0.717) is 24.3 Å². The van der Waals surface area contributed by atoms with Gasteiger partial charge in [0.2, 0.25) is 5.91 Å². The quantitative estimate of drug-likeness (QED) is 0.715. The van der Waals surface area contributed by atoms with Crippen LogP contribution in [0, 0.1) is 23.2 Å². The van der Waals surface area contributed by atoms with E-state index in [9.17, 15) is 14.7 Å². The zero-order chi connectivity index (χ0) is 17.5. The number of fused-ring (bicyclic) bond motifs is 4. The second-order valence-electron chi connectivity index (χ2n) is 7.91. The maximum absolute atomic E-state index is 11.6. The summed E-state index contributed by atoms with van der Waals surface area (Å²) >= 11 is 0. The largest absolute Gasteiger partial charge is 0.481 e. The number of amides is 1. The van der Waals surface area contributed by atoms with E-state index in [2.05, 4.69) is 12.2 Å². The molecular formula is C20H31NO3. The number of carboxylic acid groups (broad SMARTS) is 1. The Bertz CT molecular complexity index is 567. The molecule has 134 valence electrons. The van der Waals surface area contributed by atoms with Crippen molar-refractivity contribution in [2.45, 2.75) is 78.2 Å². The summed E-state index contributed by atoms with van der Waals surface area (Å²) in [6.07, 6.45) is 7.67. The number of carbonyl (C=O) groups excluding carboxylic acids is 1. The lowest BCUT2D eigenvalue weighted by Crippen LogP contribution is -2.51. The van der Waals surface area contributed by atoms with Crippen molar-refractivity contribution < 1.29 is 14.7 Å². The molecule has 2 N–H and O–H groups in total. The lowest BCUT2D eigenvalue weighted by atomic mass is 9.58. The molecular weight excluding hydrogens is 302 g/mol. The van der Waals surface area contributed by atoms with E-state index in [-0.39, 0.29) is 17.2 Å². The predicted molar refractivity (Wildman–Crippen MR) is 93.5 cm³/mol. The summed E-state index contributed by atoms with van der Waals surface area (Å²) in [6.45, 7) is 6.19. The predicted octanol–water partition coefficient (Wildman–Crippen LogP) is 3.91. The van der Waals surface area contributed by atoms with Crippen molar-refractivity contribution in [1.82, 2.24) is 5.32 Å². The van der Waals surface area contributed by atoms with E-state index in [4.69, 9.17) is 0 Å². The molecule has 0 aromatic carbocycles. The van der Waals surface area contributed by atoms with Crippen LogP contribution in [0.5, 0.6) is 0 Å². The van der Waals surface area contributed by atoms with Gasteiger partial charge in [0.05, 0.1) is 5.92 Å². The van der Waals surface area contributed by atoms with Crippen LogP contribution in [0.1, 0.15) is 72.1 Å².